The first kappa shape index (κ1) is 18.0. The van der Waals surface area contributed by atoms with Gasteiger partial charge in [0.15, 0.2) is 0 Å². The van der Waals surface area contributed by atoms with Crippen LogP contribution in [0.4, 0.5) is 0 Å². The van der Waals surface area contributed by atoms with Crippen molar-refractivity contribution < 1.29 is 4.79 Å². The number of benzene rings is 1. The van der Waals surface area contributed by atoms with Gasteiger partial charge in [0.1, 0.15) is 0 Å². The van der Waals surface area contributed by atoms with Crippen molar-refractivity contribution in [2.45, 2.75) is 38.3 Å². The molecule has 2 aliphatic heterocycles. The Morgan fingerprint density at radius 3 is 2.96 bits per heavy atom. The van der Waals surface area contributed by atoms with Crippen LogP contribution in [0.5, 0.6) is 0 Å². The standard InChI is InChI=1S/C18H25Cl2N3O/c19-15-5-6-16(20)14(9-15)12-23-8-2-3-13(11-23)10-22-18(24)17-4-1-7-21-17/h5-6,9,13,17,21H,1-4,7-8,10-12H2,(H,22,24). The summed E-state index contributed by atoms with van der Waals surface area (Å²) in [4.78, 5) is 14.5. The maximum atomic E-state index is 12.1. The normalized spacial score (nSPS) is 24.9. The van der Waals surface area contributed by atoms with Gasteiger partial charge in [-0.2, -0.15) is 0 Å². The number of hydrogen-bond donors (Lipinski definition) is 2. The van der Waals surface area contributed by atoms with E-state index in [0.717, 1.165) is 74.0 Å². The number of rotatable bonds is 5. The quantitative estimate of drug-likeness (QED) is 0.837. The van der Waals surface area contributed by atoms with Gasteiger partial charge in [-0.15, -0.1) is 0 Å². The molecule has 2 N–H and O–H groups in total. The lowest BCUT2D eigenvalue weighted by molar-refractivity contribution is -0.123. The van der Waals surface area contributed by atoms with Crippen LogP contribution in [0.3, 0.4) is 0 Å². The summed E-state index contributed by atoms with van der Waals surface area (Å²) >= 11 is 12.4. The number of amides is 1. The molecular weight excluding hydrogens is 345 g/mol. The summed E-state index contributed by atoms with van der Waals surface area (Å²) < 4.78 is 0. The van der Waals surface area contributed by atoms with E-state index in [9.17, 15) is 4.79 Å². The minimum atomic E-state index is 0.00922. The smallest absolute Gasteiger partial charge is 0.237 e. The van der Waals surface area contributed by atoms with E-state index in [1.54, 1.807) is 0 Å². The fourth-order valence-corrected chi connectivity index (χ4v) is 4.02. The van der Waals surface area contributed by atoms with E-state index in [0.29, 0.717) is 5.92 Å². The van der Waals surface area contributed by atoms with Crippen molar-refractivity contribution >= 4 is 29.1 Å². The van der Waals surface area contributed by atoms with Crippen molar-refractivity contribution in [3.05, 3.63) is 33.8 Å². The van der Waals surface area contributed by atoms with Crippen molar-refractivity contribution in [3.8, 4) is 0 Å². The van der Waals surface area contributed by atoms with Gasteiger partial charge in [0.05, 0.1) is 6.04 Å². The Kier molecular flexibility index (Phi) is 6.39. The maximum Gasteiger partial charge on any atom is 0.237 e. The summed E-state index contributed by atoms with van der Waals surface area (Å²) in [5.74, 6) is 0.657. The number of nitrogens with one attached hydrogen (secondary N) is 2. The third kappa shape index (κ3) is 4.85. The molecule has 1 aromatic carbocycles. The van der Waals surface area contributed by atoms with Crippen LogP contribution in [-0.2, 0) is 11.3 Å². The second-order valence-electron chi connectivity index (χ2n) is 6.87. The summed E-state index contributed by atoms with van der Waals surface area (Å²) in [6, 6.07) is 5.63. The van der Waals surface area contributed by atoms with Crippen molar-refractivity contribution in [2.75, 3.05) is 26.2 Å². The van der Waals surface area contributed by atoms with Gasteiger partial charge in [-0.1, -0.05) is 23.2 Å². The highest BCUT2D eigenvalue weighted by molar-refractivity contribution is 6.33. The van der Waals surface area contributed by atoms with Crippen LogP contribution < -0.4 is 10.6 Å². The van der Waals surface area contributed by atoms with Crippen LogP contribution >= 0.6 is 23.2 Å². The highest BCUT2D eigenvalue weighted by Gasteiger charge is 2.24. The molecule has 1 amide bonds. The first-order chi connectivity index (χ1) is 11.6. The summed E-state index contributed by atoms with van der Waals surface area (Å²) in [5.41, 5.74) is 1.07. The van der Waals surface area contributed by atoms with Crippen molar-refractivity contribution in [3.63, 3.8) is 0 Å². The third-order valence-electron chi connectivity index (χ3n) is 4.95. The summed E-state index contributed by atoms with van der Waals surface area (Å²) in [5, 5.41) is 7.86. The highest BCUT2D eigenvalue weighted by atomic mass is 35.5. The summed E-state index contributed by atoms with van der Waals surface area (Å²) in [6.07, 6.45) is 4.37. The number of carbonyl (C=O) groups excluding carboxylic acids is 1. The Morgan fingerprint density at radius 1 is 1.29 bits per heavy atom. The van der Waals surface area contributed by atoms with Gasteiger partial charge in [-0.25, -0.2) is 0 Å². The molecule has 2 atom stereocenters. The lowest BCUT2D eigenvalue weighted by Crippen LogP contribution is -2.45. The molecule has 2 saturated heterocycles. The molecule has 3 rings (SSSR count). The fourth-order valence-electron chi connectivity index (χ4n) is 3.64. The molecule has 0 aromatic heterocycles. The Hall–Kier alpha value is -0.810. The van der Waals surface area contributed by atoms with E-state index < -0.39 is 0 Å². The SMILES string of the molecule is O=C(NCC1CCCN(Cc2cc(Cl)ccc2Cl)C1)C1CCCN1. The summed E-state index contributed by atoms with van der Waals surface area (Å²) in [7, 11) is 0. The first-order valence-corrected chi connectivity index (χ1v) is 9.55. The molecule has 2 heterocycles. The van der Waals surface area contributed by atoms with Crippen molar-refractivity contribution in [1.82, 2.24) is 15.5 Å². The Morgan fingerprint density at radius 2 is 2.17 bits per heavy atom. The zero-order chi connectivity index (χ0) is 16.9. The van der Waals surface area contributed by atoms with Gasteiger partial charge in [0.2, 0.25) is 5.91 Å². The van der Waals surface area contributed by atoms with Crippen LogP contribution in [0, 0.1) is 5.92 Å². The van der Waals surface area contributed by atoms with E-state index in [-0.39, 0.29) is 11.9 Å². The number of carbonyl (C=O) groups is 1. The van der Waals surface area contributed by atoms with Gasteiger partial charge < -0.3 is 10.6 Å². The average Bonchev–Trinajstić information content (AvgIpc) is 3.11. The lowest BCUT2D eigenvalue weighted by Gasteiger charge is -2.33. The van der Waals surface area contributed by atoms with E-state index in [2.05, 4.69) is 15.5 Å². The molecule has 1 aromatic rings. The minimum Gasteiger partial charge on any atom is -0.354 e. The molecular formula is C18H25Cl2N3O. The summed E-state index contributed by atoms with van der Waals surface area (Å²) in [6.45, 7) is 4.58. The molecule has 0 saturated carbocycles. The predicted molar refractivity (Wildman–Crippen MR) is 98.5 cm³/mol. The molecule has 0 spiro atoms. The topological polar surface area (TPSA) is 44.4 Å². The van der Waals surface area contributed by atoms with E-state index >= 15 is 0 Å². The van der Waals surface area contributed by atoms with Gasteiger partial charge in [0, 0.05) is 29.7 Å². The molecule has 2 fully saturated rings. The minimum absolute atomic E-state index is 0.00922. The number of halogens is 2. The Bertz CT molecular complexity index is 575. The average molecular weight is 370 g/mol. The molecule has 2 aliphatic rings. The van der Waals surface area contributed by atoms with Gasteiger partial charge in [-0.3, -0.25) is 9.69 Å². The second kappa shape index (κ2) is 8.52. The van der Waals surface area contributed by atoms with Gasteiger partial charge in [0.25, 0.3) is 0 Å². The second-order valence-corrected chi connectivity index (χ2v) is 7.72. The van der Waals surface area contributed by atoms with E-state index in [4.69, 9.17) is 23.2 Å². The van der Waals surface area contributed by atoms with Crippen LogP contribution in [-0.4, -0.2) is 43.0 Å². The number of likely N-dealkylation sites (tertiary alicyclic amines) is 1. The molecule has 4 nitrogen and oxygen atoms in total. The van der Waals surface area contributed by atoms with Crippen LogP contribution in [0.2, 0.25) is 10.0 Å². The number of hydrogen-bond acceptors (Lipinski definition) is 3. The van der Waals surface area contributed by atoms with Crippen LogP contribution in [0.25, 0.3) is 0 Å². The lowest BCUT2D eigenvalue weighted by atomic mass is 9.97. The zero-order valence-corrected chi connectivity index (χ0v) is 15.4. The monoisotopic (exact) mass is 369 g/mol. The first-order valence-electron chi connectivity index (χ1n) is 8.79. The predicted octanol–water partition coefficient (Wildman–Crippen LogP) is 3.07. The largest absolute Gasteiger partial charge is 0.354 e. The van der Waals surface area contributed by atoms with E-state index in [1.807, 2.05) is 18.2 Å². The fraction of sp³-hybridized carbons (Fsp3) is 0.611. The van der Waals surface area contributed by atoms with Crippen molar-refractivity contribution in [1.29, 1.82) is 0 Å². The third-order valence-corrected chi connectivity index (χ3v) is 5.55. The maximum absolute atomic E-state index is 12.1. The molecule has 0 bridgehead atoms. The van der Waals surface area contributed by atoms with Crippen molar-refractivity contribution in [2.24, 2.45) is 5.92 Å². The number of nitrogens with zero attached hydrogens (tertiary/aromatic N) is 1. The van der Waals surface area contributed by atoms with Gasteiger partial charge >= 0.3 is 0 Å². The molecule has 2 unspecified atom stereocenters. The molecule has 6 heteroatoms. The molecule has 0 radical (unpaired) electrons. The highest BCUT2D eigenvalue weighted by Crippen LogP contribution is 2.24. The zero-order valence-electron chi connectivity index (χ0n) is 13.9. The van der Waals surface area contributed by atoms with E-state index in [1.165, 1.54) is 0 Å². The molecule has 24 heavy (non-hydrogen) atoms. The Labute approximate surface area is 153 Å². The number of piperidine rings is 1. The molecule has 132 valence electrons. The van der Waals surface area contributed by atoms with Gasteiger partial charge in [-0.05, 0) is 68.5 Å². The Balaban J connectivity index is 1.49. The molecule has 0 aliphatic carbocycles. The van der Waals surface area contributed by atoms with Crippen LogP contribution in [0.15, 0.2) is 18.2 Å². The van der Waals surface area contributed by atoms with Crippen LogP contribution in [0.1, 0.15) is 31.2 Å².